The van der Waals surface area contributed by atoms with Gasteiger partial charge >= 0.3 is 48.1 Å². The van der Waals surface area contributed by atoms with E-state index < -0.39 is 60.0 Å². The van der Waals surface area contributed by atoms with Crippen molar-refractivity contribution in [2.24, 2.45) is 5.41 Å². The number of alkyl halides is 14. The van der Waals surface area contributed by atoms with E-state index in [1.54, 1.807) is 0 Å². The molecule has 174 valence electrons. The molecule has 0 aromatic rings. The second-order valence-corrected chi connectivity index (χ2v) is 6.36. The van der Waals surface area contributed by atoms with Crippen molar-refractivity contribution in [2.45, 2.75) is 69.3 Å². The van der Waals surface area contributed by atoms with Crippen LogP contribution in [0, 0.1) is 5.41 Å². The molecule has 0 heterocycles. The van der Waals surface area contributed by atoms with Gasteiger partial charge in [-0.2, -0.15) is 52.7 Å². The Morgan fingerprint density at radius 1 is 0.724 bits per heavy atom. The van der Waals surface area contributed by atoms with Crippen LogP contribution in [0.3, 0.4) is 0 Å². The molecule has 16 heteroatoms. The first-order valence-electron chi connectivity index (χ1n) is 7.17. The summed E-state index contributed by atoms with van der Waals surface area (Å²) in [6.07, 6.45) is -13.1. The summed E-state index contributed by atoms with van der Waals surface area (Å²) in [6, 6.07) is 0. The predicted octanol–water partition coefficient (Wildman–Crippen LogP) is 6.00. The van der Waals surface area contributed by atoms with Crippen LogP contribution in [-0.2, 0) is 9.53 Å². The third-order valence-electron chi connectivity index (χ3n) is 3.90. The Morgan fingerprint density at radius 2 is 1.07 bits per heavy atom. The number of esters is 1. The minimum Gasteiger partial charge on any atom is -0.396 e. The lowest BCUT2D eigenvalue weighted by Crippen LogP contribution is -2.72. The van der Waals surface area contributed by atoms with Gasteiger partial charge in [0.15, 0.2) is 0 Å². The van der Waals surface area contributed by atoms with E-state index in [1.807, 2.05) is 0 Å². The smallest absolute Gasteiger partial charge is 0.396 e. The molecule has 0 atom stereocenters. The topological polar surface area (TPSA) is 26.3 Å². The quantitative estimate of drug-likeness (QED) is 0.308. The van der Waals surface area contributed by atoms with Gasteiger partial charge in [-0.15, -0.1) is 0 Å². The van der Waals surface area contributed by atoms with Crippen LogP contribution >= 0.6 is 0 Å². The average Bonchev–Trinajstić information content (AvgIpc) is 2.52. The molecule has 0 saturated heterocycles. The van der Waals surface area contributed by atoms with Crippen LogP contribution in [0.2, 0.25) is 0 Å². The van der Waals surface area contributed by atoms with Gasteiger partial charge in [0, 0.05) is 0 Å². The molecule has 0 aliphatic carbocycles. The molecule has 0 aromatic carbocycles. The Balaban J connectivity index is 6.35. The standard InChI is InChI=1S/C13H12F14O2/c1-4-7(2,3)6(28)29-13(26,27)12(24,25)11(22,23)10(20,21)9(18,19)8(16,17)5(14)15/h5H,4H2,1-3H3. The van der Waals surface area contributed by atoms with Crippen LogP contribution in [0.15, 0.2) is 0 Å². The molecular weight excluding hydrogens is 454 g/mol. The number of hydrogen-bond donors (Lipinski definition) is 0. The molecule has 0 amide bonds. The Labute approximate surface area is 153 Å². The van der Waals surface area contributed by atoms with Gasteiger partial charge < -0.3 is 4.74 Å². The summed E-state index contributed by atoms with van der Waals surface area (Å²) in [5.74, 6) is -41.6. The lowest BCUT2D eigenvalue weighted by atomic mass is 9.90. The van der Waals surface area contributed by atoms with Crippen LogP contribution in [-0.4, -0.2) is 48.1 Å². The van der Waals surface area contributed by atoms with Gasteiger partial charge in [0.2, 0.25) is 0 Å². The lowest BCUT2D eigenvalue weighted by Gasteiger charge is -2.40. The molecule has 0 N–H and O–H groups in total. The molecule has 0 unspecified atom stereocenters. The van der Waals surface area contributed by atoms with E-state index in [4.69, 9.17) is 0 Å². The van der Waals surface area contributed by atoms with Crippen LogP contribution in [0.4, 0.5) is 61.5 Å². The highest BCUT2D eigenvalue weighted by atomic mass is 19.4. The lowest BCUT2D eigenvalue weighted by molar-refractivity contribution is -0.456. The summed E-state index contributed by atoms with van der Waals surface area (Å²) in [4.78, 5) is 11.3. The monoisotopic (exact) mass is 466 g/mol. The molecule has 0 aliphatic rings. The average molecular weight is 466 g/mol. The van der Waals surface area contributed by atoms with Gasteiger partial charge in [0.25, 0.3) is 0 Å². The van der Waals surface area contributed by atoms with E-state index in [2.05, 4.69) is 4.74 Å². The van der Waals surface area contributed by atoms with Crippen molar-refractivity contribution in [1.82, 2.24) is 0 Å². The Kier molecular flexibility index (Phi) is 6.94. The zero-order valence-electron chi connectivity index (χ0n) is 14.4. The first-order chi connectivity index (χ1) is 12.4. The highest BCUT2D eigenvalue weighted by Gasteiger charge is 2.92. The number of rotatable bonds is 9. The van der Waals surface area contributed by atoms with Crippen molar-refractivity contribution in [1.29, 1.82) is 0 Å². The third-order valence-corrected chi connectivity index (χ3v) is 3.90. The van der Waals surface area contributed by atoms with Gasteiger partial charge in [-0.1, -0.05) is 6.92 Å². The maximum Gasteiger partial charge on any atom is 0.473 e. The van der Waals surface area contributed by atoms with Crippen LogP contribution < -0.4 is 0 Å². The van der Waals surface area contributed by atoms with E-state index >= 15 is 0 Å². The van der Waals surface area contributed by atoms with Crippen molar-refractivity contribution in [2.75, 3.05) is 0 Å². The van der Waals surface area contributed by atoms with Crippen LogP contribution in [0.5, 0.6) is 0 Å². The summed E-state index contributed by atoms with van der Waals surface area (Å²) < 4.78 is 185. The summed E-state index contributed by atoms with van der Waals surface area (Å²) in [5.41, 5.74) is -2.08. The number of carbonyl (C=O) groups excluding carboxylic acids is 1. The molecule has 0 aromatic heterocycles. The fraction of sp³-hybridized carbons (Fsp3) is 0.923. The molecule has 0 saturated carbocycles. The fourth-order valence-electron chi connectivity index (χ4n) is 1.39. The van der Waals surface area contributed by atoms with Gasteiger partial charge in [0.05, 0.1) is 5.41 Å². The second-order valence-electron chi connectivity index (χ2n) is 6.36. The molecule has 2 nitrogen and oxygen atoms in total. The second kappa shape index (κ2) is 7.32. The predicted molar refractivity (Wildman–Crippen MR) is 65.9 cm³/mol. The van der Waals surface area contributed by atoms with Crippen LogP contribution in [0.1, 0.15) is 27.2 Å². The zero-order valence-corrected chi connectivity index (χ0v) is 14.4. The molecule has 0 aliphatic heterocycles. The van der Waals surface area contributed by atoms with Gasteiger partial charge in [-0.3, -0.25) is 4.79 Å². The Morgan fingerprint density at radius 3 is 1.38 bits per heavy atom. The molecular formula is C13H12F14O2. The van der Waals surface area contributed by atoms with E-state index in [1.165, 1.54) is 0 Å². The Bertz CT molecular complexity index is 611. The van der Waals surface area contributed by atoms with Crippen molar-refractivity contribution in [3.05, 3.63) is 0 Å². The number of carbonyl (C=O) groups is 1. The molecule has 0 rings (SSSR count). The van der Waals surface area contributed by atoms with E-state index in [9.17, 15) is 66.3 Å². The fourth-order valence-corrected chi connectivity index (χ4v) is 1.39. The first kappa shape index (κ1) is 27.5. The van der Waals surface area contributed by atoms with Crippen molar-refractivity contribution < 1.29 is 71.0 Å². The summed E-state index contributed by atoms with van der Waals surface area (Å²) in [7, 11) is 0. The molecule has 0 fully saturated rings. The van der Waals surface area contributed by atoms with Crippen molar-refractivity contribution >= 4 is 5.97 Å². The third kappa shape index (κ3) is 3.94. The van der Waals surface area contributed by atoms with Gasteiger partial charge in [-0.05, 0) is 20.3 Å². The SMILES string of the molecule is CCC(C)(C)C(=O)OC(F)(F)C(F)(F)C(F)(F)C(F)(F)C(F)(F)C(F)(F)C(F)F. The molecule has 0 radical (unpaired) electrons. The molecule has 29 heavy (non-hydrogen) atoms. The van der Waals surface area contributed by atoms with Crippen LogP contribution in [0.25, 0.3) is 0 Å². The van der Waals surface area contributed by atoms with Crippen molar-refractivity contribution in [3.63, 3.8) is 0 Å². The maximum absolute atomic E-state index is 13.4. The normalized spacial score (nSPS) is 15.7. The van der Waals surface area contributed by atoms with Gasteiger partial charge in [-0.25, -0.2) is 8.78 Å². The highest BCUT2D eigenvalue weighted by molar-refractivity contribution is 5.76. The van der Waals surface area contributed by atoms with E-state index in [-0.39, 0.29) is 0 Å². The van der Waals surface area contributed by atoms with Gasteiger partial charge in [0.1, 0.15) is 0 Å². The summed E-state index contributed by atoms with van der Waals surface area (Å²) in [5, 5.41) is 0. The van der Waals surface area contributed by atoms with E-state index in [0.29, 0.717) is 0 Å². The highest BCUT2D eigenvalue weighted by Crippen LogP contribution is 2.61. The minimum absolute atomic E-state index is 0.446. The number of hydrogen-bond acceptors (Lipinski definition) is 2. The van der Waals surface area contributed by atoms with Crippen molar-refractivity contribution in [3.8, 4) is 0 Å². The van der Waals surface area contributed by atoms with E-state index in [0.717, 1.165) is 20.8 Å². The zero-order chi connectivity index (χ0) is 24.1. The molecule has 0 spiro atoms. The number of halogens is 14. The Hall–Kier alpha value is -1.51. The maximum atomic E-state index is 13.4. The molecule has 0 bridgehead atoms. The largest absolute Gasteiger partial charge is 0.473 e. The number of ether oxygens (including phenoxy) is 1. The summed E-state index contributed by atoms with van der Waals surface area (Å²) in [6.45, 7) is 2.61. The minimum atomic E-state index is -8.15. The summed E-state index contributed by atoms with van der Waals surface area (Å²) >= 11 is 0. The first-order valence-corrected chi connectivity index (χ1v) is 7.17.